The lowest BCUT2D eigenvalue weighted by molar-refractivity contribution is 0.159. The quantitative estimate of drug-likeness (QED) is 0.805. The van der Waals surface area contributed by atoms with Gasteiger partial charge in [0.2, 0.25) is 0 Å². The second-order valence-corrected chi connectivity index (χ2v) is 5.69. The first kappa shape index (κ1) is 15.4. The van der Waals surface area contributed by atoms with Gasteiger partial charge in [0, 0.05) is 18.7 Å². The van der Waals surface area contributed by atoms with E-state index in [0.29, 0.717) is 18.2 Å². The highest BCUT2D eigenvalue weighted by Crippen LogP contribution is 2.16. The van der Waals surface area contributed by atoms with Crippen molar-refractivity contribution in [3.05, 3.63) is 35.4 Å². The molecule has 1 aromatic rings. The summed E-state index contributed by atoms with van der Waals surface area (Å²) in [5, 5.41) is 3.25. The van der Waals surface area contributed by atoms with E-state index in [1.165, 1.54) is 37.9 Å². The van der Waals surface area contributed by atoms with Gasteiger partial charge in [0.15, 0.2) is 0 Å². The van der Waals surface area contributed by atoms with E-state index < -0.39 is 11.6 Å². The van der Waals surface area contributed by atoms with Gasteiger partial charge in [-0.3, -0.25) is 0 Å². The zero-order valence-electron chi connectivity index (χ0n) is 12.2. The third kappa shape index (κ3) is 4.84. The molecule has 1 aliphatic rings. The summed E-state index contributed by atoms with van der Waals surface area (Å²) >= 11 is 0. The lowest BCUT2D eigenvalue weighted by atomic mass is 10.0. The fraction of sp³-hybridized carbons (Fsp3) is 0.625. The van der Waals surface area contributed by atoms with Crippen molar-refractivity contribution in [2.75, 3.05) is 19.6 Å². The second kappa shape index (κ2) is 7.70. The van der Waals surface area contributed by atoms with Crippen LogP contribution in [-0.4, -0.2) is 30.6 Å². The molecule has 1 saturated heterocycles. The van der Waals surface area contributed by atoms with Gasteiger partial charge >= 0.3 is 0 Å². The topological polar surface area (TPSA) is 15.3 Å². The maximum absolute atomic E-state index is 13.0. The van der Waals surface area contributed by atoms with Crippen molar-refractivity contribution in [1.82, 2.24) is 10.2 Å². The molecule has 1 atom stereocenters. The van der Waals surface area contributed by atoms with E-state index in [-0.39, 0.29) is 0 Å². The molecule has 2 nitrogen and oxygen atoms in total. The summed E-state index contributed by atoms with van der Waals surface area (Å²) < 4.78 is 26.0. The minimum absolute atomic E-state index is 0.510. The van der Waals surface area contributed by atoms with Gasteiger partial charge in [0.1, 0.15) is 11.6 Å². The number of nitrogens with zero attached hydrogens (tertiary/aromatic N) is 1. The third-order valence-corrected chi connectivity index (χ3v) is 3.99. The molecule has 0 bridgehead atoms. The molecular formula is C16H24F2N2. The van der Waals surface area contributed by atoms with Crippen LogP contribution in [0.1, 0.15) is 38.2 Å². The van der Waals surface area contributed by atoms with E-state index in [1.807, 2.05) is 0 Å². The Morgan fingerprint density at radius 2 is 1.95 bits per heavy atom. The number of hydrogen-bond acceptors (Lipinski definition) is 2. The molecule has 1 fully saturated rings. The van der Waals surface area contributed by atoms with Crippen molar-refractivity contribution in [3.8, 4) is 0 Å². The highest BCUT2D eigenvalue weighted by Gasteiger charge is 2.16. The van der Waals surface area contributed by atoms with Crippen LogP contribution in [0, 0.1) is 11.6 Å². The monoisotopic (exact) mass is 282 g/mol. The van der Waals surface area contributed by atoms with E-state index in [1.54, 1.807) is 0 Å². The molecule has 1 aromatic carbocycles. The SMILES string of the molecule is CC1CCCCN1CCCNCc1cc(F)cc(F)c1. The molecule has 112 valence electrons. The molecule has 2 rings (SSSR count). The molecule has 4 heteroatoms. The number of piperidine rings is 1. The second-order valence-electron chi connectivity index (χ2n) is 5.69. The summed E-state index contributed by atoms with van der Waals surface area (Å²) in [5.41, 5.74) is 0.661. The smallest absolute Gasteiger partial charge is 0.126 e. The molecule has 0 saturated carbocycles. The fourth-order valence-electron chi connectivity index (χ4n) is 2.84. The summed E-state index contributed by atoms with van der Waals surface area (Å²) in [6, 6.07) is 4.35. The van der Waals surface area contributed by atoms with E-state index >= 15 is 0 Å². The third-order valence-electron chi connectivity index (χ3n) is 3.99. The molecular weight excluding hydrogens is 258 g/mol. The predicted molar refractivity (Wildman–Crippen MR) is 77.6 cm³/mol. The van der Waals surface area contributed by atoms with Crippen LogP contribution in [0.5, 0.6) is 0 Å². The Kier molecular flexibility index (Phi) is 5.92. The first-order chi connectivity index (χ1) is 9.65. The Bertz CT molecular complexity index is 403. The predicted octanol–water partition coefficient (Wildman–Crippen LogP) is 3.32. The maximum Gasteiger partial charge on any atom is 0.126 e. The Morgan fingerprint density at radius 1 is 1.20 bits per heavy atom. The lowest BCUT2D eigenvalue weighted by Gasteiger charge is -2.33. The molecule has 0 spiro atoms. The van der Waals surface area contributed by atoms with Gasteiger partial charge in [-0.25, -0.2) is 8.78 Å². The van der Waals surface area contributed by atoms with Gasteiger partial charge in [-0.05, 0) is 63.5 Å². The van der Waals surface area contributed by atoms with Crippen molar-refractivity contribution >= 4 is 0 Å². The largest absolute Gasteiger partial charge is 0.313 e. The highest BCUT2D eigenvalue weighted by molar-refractivity contribution is 5.17. The van der Waals surface area contributed by atoms with Crippen molar-refractivity contribution in [2.24, 2.45) is 0 Å². The zero-order chi connectivity index (χ0) is 14.4. The molecule has 0 amide bonds. The molecule has 0 aromatic heterocycles. The van der Waals surface area contributed by atoms with Crippen molar-refractivity contribution in [2.45, 2.75) is 45.2 Å². The Morgan fingerprint density at radius 3 is 2.65 bits per heavy atom. The van der Waals surface area contributed by atoms with Gasteiger partial charge in [0.05, 0.1) is 0 Å². The number of halogens is 2. The van der Waals surface area contributed by atoms with Gasteiger partial charge in [-0.15, -0.1) is 0 Å². The van der Waals surface area contributed by atoms with Crippen LogP contribution in [0.2, 0.25) is 0 Å². The average Bonchev–Trinajstić information content (AvgIpc) is 2.39. The number of rotatable bonds is 6. The normalized spacial score (nSPS) is 20.2. The first-order valence-electron chi connectivity index (χ1n) is 7.55. The van der Waals surface area contributed by atoms with Crippen LogP contribution in [0.25, 0.3) is 0 Å². The van der Waals surface area contributed by atoms with Gasteiger partial charge in [0.25, 0.3) is 0 Å². The summed E-state index contributed by atoms with van der Waals surface area (Å²) in [7, 11) is 0. The molecule has 1 heterocycles. The highest BCUT2D eigenvalue weighted by atomic mass is 19.1. The Labute approximate surface area is 120 Å². The van der Waals surface area contributed by atoms with E-state index in [2.05, 4.69) is 17.1 Å². The molecule has 0 aliphatic carbocycles. The van der Waals surface area contributed by atoms with E-state index in [4.69, 9.17) is 0 Å². The van der Waals surface area contributed by atoms with Crippen LogP contribution >= 0.6 is 0 Å². The molecule has 1 unspecified atom stereocenters. The molecule has 1 N–H and O–H groups in total. The summed E-state index contributed by atoms with van der Waals surface area (Å²) in [4.78, 5) is 2.53. The molecule has 1 aliphatic heterocycles. The Hall–Kier alpha value is -1.00. The van der Waals surface area contributed by atoms with Crippen LogP contribution in [0.3, 0.4) is 0 Å². The standard InChI is InChI=1S/C16H24F2N2/c1-13-5-2-3-7-20(13)8-4-6-19-12-14-9-15(17)11-16(18)10-14/h9-11,13,19H,2-8,12H2,1H3. The van der Waals surface area contributed by atoms with Crippen molar-refractivity contribution in [1.29, 1.82) is 0 Å². The molecule has 0 radical (unpaired) electrons. The summed E-state index contributed by atoms with van der Waals surface area (Å²) in [5.74, 6) is -1.02. The summed E-state index contributed by atoms with van der Waals surface area (Å²) in [6.07, 6.45) is 5.03. The number of nitrogens with one attached hydrogen (secondary N) is 1. The van der Waals surface area contributed by atoms with E-state index in [0.717, 1.165) is 25.6 Å². The van der Waals surface area contributed by atoms with Crippen LogP contribution in [-0.2, 0) is 6.54 Å². The average molecular weight is 282 g/mol. The van der Waals surface area contributed by atoms with Crippen LogP contribution in [0.4, 0.5) is 8.78 Å². The number of likely N-dealkylation sites (tertiary alicyclic amines) is 1. The van der Waals surface area contributed by atoms with Crippen molar-refractivity contribution < 1.29 is 8.78 Å². The summed E-state index contributed by atoms with van der Waals surface area (Å²) in [6.45, 7) is 6.00. The van der Waals surface area contributed by atoms with Gasteiger partial charge in [-0.1, -0.05) is 6.42 Å². The first-order valence-corrected chi connectivity index (χ1v) is 7.55. The minimum Gasteiger partial charge on any atom is -0.313 e. The van der Waals surface area contributed by atoms with E-state index in [9.17, 15) is 8.78 Å². The van der Waals surface area contributed by atoms with Crippen LogP contribution < -0.4 is 5.32 Å². The van der Waals surface area contributed by atoms with Gasteiger partial charge < -0.3 is 10.2 Å². The fourth-order valence-corrected chi connectivity index (χ4v) is 2.84. The van der Waals surface area contributed by atoms with Crippen LogP contribution in [0.15, 0.2) is 18.2 Å². The lowest BCUT2D eigenvalue weighted by Crippen LogP contribution is -2.38. The van der Waals surface area contributed by atoms with Gasteiger partial charge in [-0.2, -0.15) is 0 Å². The minimum atomic E-state index is -0.510. The molecule has 20 heavy (non-hydrogen) atoms. The number of hydrogen-bond donors (Lipinski definition) is 1. The number of benzene rings is 1. The Balaban J connectivity index is 1.63. The zero-order valence-corrected chi connectivity index (χ0v) is 12.2. The van der Waals surface area contributed by atoms with Crippen molar-refractivity contribution in [3.63, 3.8) is 0 Å². The maximum atomic E-state index is 13.0.